The van der Waals surface area contributed by atoms with E-state index >= 15 is 0 Å². The van der Waals surface area contributed by atoms with Crippen molar-refractivity contribution in [3.05, 3.63) is 53.1 Å². The monoisotopic (exact) mass is 291 g/mol. The molecule has 0 radical (unpaired) electrons. The van der Waals surface area contributed by atoms with Crippen LogP contribution in [0.1, 0.15) is 5.56 Å². The quantitative estimate of drug-likeness (QED) is 0.626. The van der Waals surface area contributed by atoms with Gasteiger partial charge in [-0.2, -0.15) is 0 Å². The minimum Gasteiger partial charge on any atom is -0.229 e. The topological polar surface area (TPSA) is 12.9 Å². The van der Waals surface area contributed by atoms with Crippen molar-refractivity contribution in [2.45, 2.75) is 16.2 Å². The summed E-state index contributed by atoms with van der Waals surface area (Å²) in [5, 5.41) is 0.791. The highest BCUT2D eigenvalue weighted by atomic mass is 35.5. The number of hydrogen-bond acceptors (Lipinski definition) is 3. The van der Waals surface area contributed by atoms with Crippen molar-refractivity contribution in [2.75, 3.05) is 0 Å². The van der Waals surface area contributed by atoms with Gasteiger partial charge in [0.25, 0.3) is 0 Å². The summed E-state index contributed by atoms with van der Waals surface area (Å²) in [5.74, 6) is 0. The van der Waals surface area contributed by atoms with Gasteiger partial charge in [0.2, 0.25) is 0 Å². The smallest absolute Gasteiger partial charge is 0.155 e. The van der Waals surface area contributed by atoms with Crippen molar-refractivity contribution in [1.29, 1.82) is 0 Å². The second-order valence-electron chi connectivity index (χ2n) is 3.98. The van der Waals surface area contributed by atoms with E-state index in [1.165, 1.54) is 10.3 Å². The normalized spacial score (nSPS) is 11.0. The van der Waals surface area contributed by atoms with Crippen molar-refractivity contribution in [3.63, 3.8) is 0 Å². The van der Waals surface area contributed by atoms with Crippen LogP contribution in [0.4, 0.5) is 0 Å². The van der Waals surface area contributed by atoms with Crippen LogP contribution in [0.2, 0.25) is 5.02 Å². The zero-order valence-electron chi connectivity index (χ0n) is 9.68. The molecule has 0 bridgehead atoms. The summed E-state index contributed by atoms with van der Waals surface area (Å²) in [5.41, 5.74) is 2.22. The van der Waals surface area contributed by atoms with Crippen LogP contribution in [0.3, 0.4) is 0 Å². The number of aryl methyl sites for hydroxylation is 1. The fourth-order valence-corrected chi connectivity index (χ4v) is 4.06. The Morgan fingerprint density at radius 1 is 1.17 bits per heavy atom. The van der Waals surface area contributed by atoms with E-state index in [1.807, 2.05) is 31.2 Å². The van der Waals surface area contributed by atoms with E-state index < -0.39 is 0 Å². The minimum absolute atomic E-state index is 0.791. The standard InChI is InChI=1S/C14H10ClNS2/c1-9-6-7-12(10(15)8-9)17-14-16-11-4-2-3-5-13(11)18-14/h2-8H,1H3. The molecule has 0 fully saturated rings. The lowest BCUT2D eigenvalue weighted by molar-refractivity contribution is 1.29. The Labute approximate surface area is 119 Å². The van der Waals surface area contributed by atoms with Crippen molar-refractivity contribution >= 4 is 44.9 Å². The second kappa shape index (κ2) is 4.92. The number of thiazole rings is 1. The van der Waals surface area contributed by atoms with Crippen molar-refractivity contribution in [3.8, 4) is 0 Å². The third-order valence-electron chi connectivity index (χ3n) is 2.56. The Hall–Kier alpha value is -1.03. The zero-order valence-corrected chi connectivity index (χ0v) is 12.1. The van der Waals surface area contributed by atoms with Gasteiger partial charge >= 0.3 is 0 Å². The first-order valence-electron chi connectivity index (χ1n) is 5.52. The molecule has 1 aromatic heterocycles. The lowest BCUT2D eigenvalue weighted by atomic mass is 10.2. The number of para-hydroxylation sites is 1. The first-order valence-corrected chi connectivity index (χ1v) is 7.53. The fourth-order valence-electron chi connectivity index (χ4n) is 1.68. The highest BCUT2D eigenvalue weighted by Crippen LogP contribution is 2.37. The number of nitrogens with zero attached hydrogens (tertiary/aromatic N) is 1. The molecule has 0 aliphatic heterocycles. The molecule has 3 rings (SSSR count). The summed E-state index contributed by atoms with van der Waals surface area (Å²) in [4.78, 5) is 5.65. The summed E-state index contributed by atoms with van der Waals surface area (Å²) in [6.07, 6.45) is 0. The maximum absolute atomic E-state index is 6.23. The lowest BCUT2D eigenvalue weighted by Gasteiger charge is -2.01. The van der Waals surface area contributed by atoms with Crippen LogP contribution in [0.25, 0.3) is 10.2 Å². The molecule has 0 saturated heterocycles. The molecule has 0 spiro atoms. The van der Waals surface area contributed by atoms with Crippen LogP contribution < -0.4 is 0 Å². The Balaban J connectivity index is 1.96. The van der Waals surface area contributed by atoms with E-state index in [0.717, 1.165) is 19.8 Å². The Morgan fingerprint density at radius 2 is 2.00 bits per heavy atom. The average Bonchev–Trinajstić information content (AvgIpc) is 2.75. The van der Waals surface area contributed by atoms with Gasteiger partial charge in [-0.1, -0.05) is 41.6 Å². The van der Waals surface area contributed by atoms with Gasteiger partial charge in [-0.25, -0.2) is 4.98 Å². The Kier molecular flexibility index (Phi) is 3.29. The maximum atomic E-state index is 6.23. The Morgan fingerprint density at radius 3 is 2.78 bits per heavy atom. The van der Waals surface area contributed by atoms with Crippen LogP contribution in [0.5, 0.6) is 0 Å². The number of rotatable bonds is 2. The molecular weight excluding hydrogens is 282 g/mol. The van der Waals surface area contributed by atoms with Gasteiger partial charge in [-0.15, -0.1) is 11.3 Å². The highest BCUT2D eigenvalue weighted by molar-refractivity contribution is 8.01. The zero-order chi connectivity index (χ0) is 12.5. The third-order valence-corrected chi connectivity index (χ3v) is 5.16. The van der Waals surface area contributed by atoms with E-state index in [2.05, 4.69) is 23.2 Å². The summed E-state index contributed by atoms with van der Waals surface area (Å²) in [7, 11) is 0. The summed E-state index contributed by atoms with van der Waals surface area (Å²) in [6, 6.07) is 14.3. The highest BCUT2D eigenvalue weighted by Gasteiger charge is 2.07. The molecule has 0 amide bonds. The average molecular weight is 292 g/mol. The molecule has 0 N–H and O–H groups in total. The molecule has 0 unspecified atom stereocenters. The molecule has 1 heterocycles. The van der Waals surface area contributed by atoms with Gasteiger partial charge in [-0.05, 0) is 36.8 Å². The predicted molar refractivity (Wildman–Crippen MR) is 79.9 cm³/mol. The van der Waals surface area contributed by atoms with E-state index in [1.54, 1.807) is 23.1 Å². The summed E-state index contributed by atoms with van der Waals surface area (Å²) in [6.45, 7) is 2.04. The Bertz CT molecular complexity index is 673. The molecule has 0 saturated carbocycles. The lowest BCUT2D eigenvalue weighted by Crippen LogP contribution is -1.77. The fraction of sp³-hybridized carbons (Fsp3) is 0.0714. The van der Waals surface area contributed by atoms with Crippen LogP contribution in [0, 0.1) is 6.92 Å². The van der Waals surface area contributed by atoms with Crippen LogP contribution in [-0.2, 0) is 0 Å². The number of benzene rings is 2. The molecule has 18 heavy (non-hydrogen) atoms. The molecule has 0 atom stereocenters. The van der Waals surface area contributed by atoms with E-state index in [0.29, 0.717) is 0 Å². The molecule has 3 aromatic rings. The van der Waals surface area contributed by atoms with Crippen molar-refractivity contribution in [1.82, 2.24) is 4.98 Å². The minimum atomic E-state index is 0.791. The van der Waals surface area contributed by atoms with E-state index in [9.17, 15) is 0 Å². The molecular formula is C14H10ClNS2. The molecule has 0 aliphatic rings. The summed E-state index contributed by atoms with van der Waals surface area (Å²) >= 11 is 9.56. The number of fused-ring (bicyclic) bond motifs is 1. The predicted octanol–water partition coefficient (Wildman–Crippen LogP) is 5.41. The number of hydrogen-bond donors (Lipinski definition) is 0. The molecule has 4 heteroatoms. The molecule has 0 aliphatic carbocycles. The summed E-state index contributed by atoms with van der Waals surface area (Å²) < 4.78 is 2.24. The van der Waals surface area contributed by atoms with Gasteiger partial charge in [0.05, 0.1) is 15.2 Å². The maximum Gasteiger partial charge on any atom is 0.155 e. The SMILES string of the molecule is Cc1ccc(Sc2nc3ccccc3s2)c(Cl)c1. The van der Waals surface area contributed by atoms with Crippen molar-refractivity contribution in [2.24, 2.45) is 0 Å². The van der Waals surface area contributed by atoms with Crippen molar-refractivity contribution < 1.29 is 0 Å². The van der Waals surface area contributed by atoms with Gasteiger partial charge in [-0.3, -0.25) is 0 Å². The van der Waals surface area contributed by atoms with Crippen LogP contribution >= 0.6 is 34.7 Å². The van der Waals surface area contributed by atoms with E-state index in [4.69, 9.17) is 11.6 Å². The number of aromatic nitrogens is 1. The third kappa shape index (κ3) is 2.39. The first-order chi connectivity index (χ1) is 8.72. The van der Waals surface area contributed by atoms with Gasteiger partial charge in [0, 0.05) is 4.90 Å². The number of halogens is 1. The van der Waals surface area contributed by atoms with E-state index in [-0.39, 0.29) is 0 Å². The van der Waals surface area contributed by atoms with Gasteiger partial charge < -0.3 is 0 Å². The van der Waals surface area contributed by atoms with Gasteiger partial charge in [0.15, 0.2) is 4.34 Å². The van der Waals surface area contributed by atoms with Gasteiger partial charge in [0.1, 0.15) is 0 Å². The second-order valence-corrected chi connectivity index (χ2v) is 6.71. The molecule has 1 nitrogen and oxygen atoms in total. The largest absolute Gasteiger partial charge is 0.229 e. The molecule has 2 aromatic carbocycles. The van der Waals surface area contributed by atoms with Crippen LogP contribution in [-0.4, -0.2) is 4.98 Å². The van der Waals surface area contributed by atoms with Crippen LogP contribution in [0.15, 0.2) is 51.7 Å². The molecule has 90 valence electrons. The first kappa shape index (κ1) is 12.0.